The Bertz CT molecular complexity index is 622. The molecule has 7 heteroatoms. The van der Waals surface area contributed by atoms with Gasteiger partial charge in [0, 0.05) is 36.5 Å². The Labute approximate surface area is 115 Å². The molecule has 1 atom stereocenters. The summed E-state index contributed by atoms with van der Waals surface area (Å²) in [6.45, 7) is 1.82. The molecule has 0 aliphatic rings. The van der Waals surface area contributed by atoms with Crippen LogP contribution in [0.15, 0.2) is 30.6 Å². The van der Waals surface area contributed by atoms with Gasteiger partial charge in [0.2, 0.25) is 0 Å². The van der Waals surface area contributed by atoms with Crippen molar-refractivity contribution in [3.63, 3.8) is 0 Å². The molecule has 0 bridgehead atoms. The Morgan fingerprint density at radius 3 is 2.85 bits per heavy atom. The van der Waals surface area contributed by atoms with Crippen molar-refractivity contribution < 1.29 is 14.8 Å². The third kappa shape index (κ3) is 3.12. The molecule has 20 heavy (non-hydrogen) atoms. The van der Waals surface area contributed by atoms with Gasteiger partial charge in [-0.05, 0) is 13.0 Å². The van der Waals surface area contributed by atoms with Crippen LogP contribution in [0.1, 0.15) is 24.2 Å². The number of aryl methyl sites for hydroxylation is 1. The average molecular weight is 277 g/mol. The van der Waals surface area contributed by atoms with Crippen molar-refractivity contribution in [3.05, 3.63) is 51.8 Å². The van der Waals surface area contributed by atoms with Gasteiger partial charge in [-0.1, -0.05) is 0 Å². The maximum absolute atomic E-state index is 10.7. The number of hydrogen-bond acceptors (Lipinski definition) is 5. The van der Waals surface area contributed by atoms with Crippen molar-refractivity contribution in [1.29, 1.82) is 0 Å². The summed E-state index contributed by atoms with van der Waals surface area (Å²) >= 11 is 0. The molecule has 106 valence electrons. The van der Waals surface area contributed by atoms with E-state index < -0.39 is 11.0 Å². The molecule has 1 aromatic heterocycles. The molecule has 0 radical (unpaired) electrons. The minimum atomic E-state index is -0.848. The van der Waals surface area contributed by atoms with E-state index >= 15 is 0 Å². The fourth-order valence-corrected chi connectivity index (χ4v) is 1.81. The first-order valence-electron chi connectivity index (χ1n) is 6.04. The summed E-state index contributed by atoms with van der Waals surface area (Å²) in [6, 6.07) is 4.17. The first kappa shape index (κ1) is 14.0. The Kier molecular flexibility index (Phi) is 3.99. The van der Waals surface area contributed by atoms with Crippen molar-refractivity contribution >= 4 is 5.69 Å². The predicted octanol–water partition coefficient (Wildman–Crippen LogP) is 1.96. The number of aromatic nitrogens is 2. The molecule has 7 nitrogen and oxygen atoms in total. The number of nitrogens with zero attached hydrogens (tertiary/aromatic N) is 3. The van der Waals surface area contributed by atoms with E-state index in [-0.39, 0.29) is 12.3 Å². The molecule has 0 unspecified atom stereocenters. The van der Waals surface area contributed by atoms with Crippen molar-refractivity contribution in [2.24, 2.45) is 7.05 Å². The normalized spacial score (nSPS) is 12.2. The van der Waals surface area contributed by atoms with Crippen LogP contribution in [0.4, 0.5) is 5.69 Å². The van der Waals surface area contributed by atoms with Crippen LogP contribution in [0.5, 0.6) is 5.75 Å². The SMILES string of the molecule is C[C@H](O)c1cc([N+](=O)[O-])ccc1OCc1cnn(C)c1. The second-order valence-corrected chi connectivity index (χ2v) is 4.47. The van der Waals surface area contributed by atoms with Gasteiger partial charge >= 0.3 is 0 Å². The minimum Gasteiger partial charge on any atom is -0.488 e. The minimum absolute atomic E-state index is 0.0744. The van der Waals surface area contributed by atoms with Crippen LogP contribution < -0.4 is 4.74 Å². The van der Waals surface area contributed by atoms with E-state index in [4.69, 9.17) is 4.74 Å². The van der Waals surface area contributed by atoms with Gasteiger partial charge in [0.05, 0.1) is 17.2 Å². The van der Waals surface area contributed by atoms with E-state index in [0.717, 1.165) is 5.56 Å². The van der Waals surface area contributed by atoms with Crippen LogP contribution in [0.2, 0.25) is 0 Å². The van der Waals surface area contributed by atoms with Gasteiger partial charge < -0.3 is 9.84 Å². The number of ether oxygens (including phenoxy) is 1. The van der Waals surface area contributed by atoms with E-state index in [1.54, 1.807) is 17.9 Å². The second-order valence-electron chi connectivity index (χ2n) is 4.47. The smallest absolute Gasteiger partial charge is 0.270 e. The lowest BCUT2D eigenvalue weighted by atomic mass is 10.1. The molecule has 0 saturated heterocycles. The van der Waals surface area contributed by atoms with Crippen molar-refractivity contribution in [2.45, 2.75) is 19.6 Å². The van der Waals surface area contributed by atoms with Gasteiger partial charge in [-0.15, -0.1) is 0 Å². The molecule has 1 aromatic carbocycles. The Balaban J connectivity index is 2.20. The lowest BCUT2D eigenvalue weighted by Crippen LogP contribution is -2.02. The number of nitro benzene ring substituents is 1. The summed E-state index contributed by atoms with van der Waals surface area (Å²) < 4.78 is 7.25. The molecular formula is C13H15N3O4. The lowest BCUT2D eigenvalue weighted by molar-refractivity contribution is -0.385. The van der Waals surface area contributed by atoms with Gasteiger partial charge in [-0.25, -0.2) is 0 Å². The Morgan fingerprint density at radius 1 is 1.55 bits per heavy atom. The molecule has 0 aliphatic carbocycles. The molecule has 1 N–H and O–H groups in total. The highest BCUT2D eigenvalue weighted by Crippen LogP contribution is 2.29. The molecule has 0 amide bonds. The second kappa shape index (κ2) is 5.70. The largest absolute Gasteiger partial charge is 0.488 e. The fourth-order valence-electron chi connectivity index (χ4n) is 1.81. The molecule has 1 heterocycles. The van der Waals surface area contributed by atoms with Crippen molar-refractivity contribution in [2.75, 3.05) is 0 Å². The molecule has 2 aromatic rings. The van der Waals surface area contributed by atoms with Crippen LogP contribution in [0.3, 0.4) is 0 Å². The molecule has 0 fully saturated rings. The summed E-state index contributed by atoms with van der Waals surface area (Å²) in [5.41, 5.74) is 1.19. The number of non-ortho nitro benzene ring substituents is 1. The van der Waals surface area contributed by atoms with Crippen molar-refractivity contribution in [3.8, 4) is 5.75 Å². The summed E-state index contributed by atoms with van der Waals surface area (Å²) in [5, 5.41) is 24.5. The number of aliphatic hydroxyl groups is 1. The van der Waals surface area contributed by atoms with E-state index in [1.807, 2.05) is 6.20 Å². The third-order valence-electron chi connectivity index (χ3n) is 2.81. The standard InChI is InChI=1S/C13H15N3O4/c1-9(17)12-5-11(16(18)19)3-4-13(12)20-8-10-6-14-15(2)7-10/h3-7,9,17H,8H2,1-2H3/t9-/m0/s1. The summed E-state index contributed by atoms with van der Waals surface area (Å²) in [7, 11) is 1.80. The lowest BCUT2D eigenvalue weighted by Gasteiger charge is -2.12. The number of hydrogen-bond donors (Lipinski definition) is 1. The van der Waals surface area contributed by atoms with Crippen LogP contribution in [-0.4, -0.2) is 19.8 Å². The van der Waals surface area contributed by atoms with Gasteiger partial charge in [0.15, 0.2) is 0 Å². The maximum atomic E-state index is 10.7. The van der Waals surface area contributed by atoms with Gasteiger partial charge in [0.1, 0.15) is 12.4 Å². The van der Waals surface area contributed by atoms with E-state index in [0.29, 0.717) is 11.3 Å². The Morgan fingerprint density at radius 2 is 2.30 bits per heavy atom. The predicted molar refractivity (Wildman–Crippen MR) is 71.3 cm³/mol. The number of benzene rings is 1. The Hall–Kier alpha value is -2.41. The first-order valence-corrected chi connectivity index (χ1v) is 6.04. The van der Waals surface area contributed by atoms with E-state index in [2.05, 4.69) is 5.10 Å². The zero-order valence-electron chi connectivity index (χ0n) is 11.2. The number of nitro groups is 1. The quantitative estimate of drug-likeness (QED) is 0.666. The number of rotatable bonds is 5. The fraction of sp³-hybridized carbons (Fsp3) is 0.308. The highest BCUT2D eigenvalue weighted by molar-refractivity contribution is 5.44. The highest BCUT2D eigenvalue weighted by Gasteiger charge is 2.15. The van der Waals surface area contributed by atoms with E-state index in [1.165, 1.54) is 25.1 Å². The molecule has 0 aliphatic heterocycles. The molecule has 2 rings (SSSR count). The first-order chi connectivity index (χ1) is 9.47. The zero-order valence-corrected chi connectivity index (χ0v) is 11.2. The summed E-state index contributed by atoms with van der Waals surface area (Å²) in [6.07, 6.45) is 2.64. The van der Waals surface area contributed by atoms with E-state index in [9.17, 15) is 15.2 Å². The topological polar surface area (TPSA) is 90.4 Å². The van der Waals surface area contributed by atoms with Gasteiger partial charge in [-0.3, -0.25) is 14.8 Å². The molecule has 0 saturated carbocycles. The zero-order chi connectivity index (χ0) is 14.7. The average Bonchev–Trinajstić information content (AvgIpc) is 2.81. The highest BCUT2D eigenvalue weighted by atomic mass is 16.6. The monoisotopic (exact) mass is 277 g/mol. The van der Waals surface area contributed by atoms with Crippen LogP contribution in [0, 0.1) is 10.1 Å². The maximum Gasteiger partial charge on any atom is 0.270 e. The third-order valence-corrected chi connectivity index (χ3v) is 2.81. The molecular weight excluding hydrogens is 262 g/mol. The van der Waals surface area contributed by atoms with Crippen molar-refractivity contribution in [1.82, 2.24) is 9.78 Å². The summed E-state index contributed by atoms with van der Waals surface area (Å²) in [4.78, 5) is 10.2. The molecule has 0 spiro atoms. The van der Waals surface area contributed by atoms with Crippen LogP contribution in [0.25, 0.3) is 0 Å². The van der Waals surface area contributed by atoms with Gasteiger partial charge in [-0.2, -0.15) is 5.10 Å². The summed E-state index contributed by atoms with van der Waals surface area (Å²) in [5.74, 6) is 0.425. The van der Waals surface area contributed by atoms with Crippen LogP contribution >= 0.6 is 0 Å². The van der Waals surface area contributed by atoms with Crippen LogP contribution in [-0.2, 0) is 13.7 Å². The number of aliphatic hydroxyl groups excluding tert-OH is 1. The van der Waals surface area contributed by atoms with Gasteiger partial charge in [0.25, 0.3) is 5.69 Å².